The van der Waals surface area contributed by atoms with E-state index in [1.165, 1.54) is 6.41 Å². The summed E-state index contributed by atoms with van der Waals surface area (Å²) in [4.78, 5) is 10.0. The van der Waals surface area contributed by atoms with Crippen molar-refractivity contribution in [2.24, 2.45) is 5.84 Å². The highest BCUT2D eigenvalue weighted by Gasteiger charge is 1.98. The molecule has 3 nitrogen and oxygen atoms in total. The van der Waals surface area contributed by atoms with Gasteiger partial charge in [-0.3, -0.25) is 4.79 Å². The van der Waals surface area contributed by atoms with Crippen LogP contribution in [-0.4, -0.2) is 6.41 Å². The van der Waals surface area contributed by atoms with E-state index < -0.39 is 0 Å². The van der Waals surface area contributed by atoms with Crippen LogP contribution in [0.1, 0.15) is 0 Å². The fourth-order valence-electron chi connectivity index (χ4n) is 0.654. The van der Waals surface area contributed by atoms with Gasteiger partial charge in [-0.25, -0.2) is 10.9 Å². The number of benzene rings is 1. The molecule has 57 valence electrons. The Hall–Kier alpha value is -1.06. The molecule has 4 heteroatoms. The monoisotopic (exact) mass is 169 g/mol. The molecule has 0 unspecified atom stereocenters. The lowest BCUT2D eigenvalue weighted by Gasteiger charge is -2.07. The van der Waals surface area contributed by atoms with E-state index in [2.05, 4.69) is 0 Å². The van der Waals surface area contributed by atoms with E-state index >= 15 is 0 Å². The van der Waals surface area contributed by atoms with Gasteiger partial charge >= 0.3 is 6.41 Å². The fourth-order valence-corrected chi connectivity index (χ4v) is 0.780. The van der Waals surface area contributed by atoms with Crippen molar-refractivity contribution < 1.29 is 4.79 Å². The summed E-state index contributed by atoms with van der Waals surface area (Å²) in [5.74, 6) is 5.21. The summed E-state index contributed by atoms with van der Waals surface area (Å²) in [6.45, 7) is 0. The first-order valence-corrected chi connectivity index (χ1v) is 3.30. The number of hydrogen-bond acceptors (Lipinski definition) is 2. The molecule has 1 aromatic carbocycles. The Morgan fingerprint density at radius 2 is 1.91 bits per heavy atom. The standard InChI is InChI=1S/C7H6ClN2O/c8-6-1-3-7(4-2-6)10(9)5-11/h1-4H,9H2. The van der Waals surface area contributed by atoms with Crippen molar-refractivity contribution >= 4 is 23.7 Å². The molecule has 0 bridgehead atoms. The summed E-state index contributed by atoms with van der Waals surface area (Å²) in [6, 6.07) is 6.56. The first-order valence-electron chi connectivity index (χ1n) is 2.92. The predicted octanol–water partition coefficient (Wildman–Crippen LogP) is 1.09. The Kier molecular flexibility index (Phi) is 2.46. The summed E-state index contributed by atoms with van der Waals surface area (Å²) in [5.41, 5.74) is 0.560. The maximum atomic E-state index is 10.0. The van der Waals surface area contributed by atoms with Gasteiger partial charge in [0.05, 0.1) is 5.69 Å². The van der Waals surface area contributed by atoms with Gasteiger partial charge < -0.3 is 0 Å². The van der Waals surface area contributed by atoms with Crippen LogP contribution in [0.2, 0.25) is 5.02 Å². The van der Waals surface area contributed by atoms with Crippen molar-refractivity contribution in [1.82, 2.24) is 0 Å². The van der Waals surface area contributed by atoms with Gasteiger partial charge in [-0.1, -0.05) is 11.6 Å². The van der Waals surface area contributed by atoms with Crippen molar-refractivity contribution in [1.29, 1.82) is 0 Å². The van der Waals surface area contributed by atoms with Crippen molar-refractivity contribution in [2.75, 3.05) is 5.01 Å². The second kappa shape index (κ2) is 3.37. The molecule has 0 spiro atoms. The highest BCUT2D eigenvalue weighted by Crippen LogP contribution is 2.14. The van der Waals surface area contributed by atoms with Gasteiger partial charge in [0.1, 0.15) is 0 Å². The zero-order chi connectivity index (χ0) is 8.27. The number of amides is 1. The number of halogens is 1. The second-order valence-electron chi connectivity index (χ2n) is 1.94. The molecule has 0 saturated heterocycles. The van der Waals surface area contributed by atoms with Gasteiger partial charge in [0.2, 0.25) is 0 Å². The van der Waals surface area contributed by atoms with E-state index in [0.717, 1.165) is 5.01 Å². The largest absolute Gasteiger partial charge is 0.332 e. The molecule has 1 aromatic rings. The molecule has 0 aliphatic heterocycles. The van der Waals surface area contributed by atoms with E-state index in [9.17, 15) is 4.79 Å². The predicted molar refractivity (Wildman–Crippen MR) is 43.8 cm³/mol. The SMILES string of the molecule is NN([C]=O)c1ccc(Cl)cc1. The molecule has 0 aliphatic carbocycles. The minimum atomic E-state index is 0.560. The van der Waals surface area contributed by atoms with Crippen LogP contribution in [0.3, 0.4) is 0 Å². The van der Waals surface area contributed by atoms with Gasteiger partial charge in [-0.05, 0) is 24.3 Å². The fraction of sp³-hybridized carbons (Fsp3) is 0. The van der Waals surface area contributed by atoms with E-state index in [1.807, 2.05) is 0 Å². The molecular formula is C7H6ClN2O. The maximum Gasteiger partial charge on any atom is 0.332 e. The number of anilines is 1. The third kappa shape index (κ3) is 1.93. The lowest BCUT2D eigenvalue weighted by molar-refractivity contribution is 0.552. The normalized spacial score (nSPS) is 9.27. The van der Waals surface area contributed by atoms with Gasteiger partial charge in [0.15, 0.2) is 0 Å². The van der Waals surface area contributed by atoms with E-state index in [0.29, 0.717) is 10.7 Å². The third-order valence-corrected chi connectivity index (χ3v) is 1.46. The Morgan fingerprint density at radius 3 is 2.36 bits per heavy atom. The first kappa shape index (κ1) is 8.04. The van der Waals surface area contributed by atoms with E-state index in [-0.39, 0.29) is 0 Å². The number of hydrazine groups is 1. The molecule has 2 N–H and O–H groups in total. The van der Waals surface area contributed by atoms with Crippen LogP contribution in [0.4, 0.5) is 5.69 Å². The molecular weight excluding hydrogens is 164 g/mol. The van der Waals surface area contributed by atoms with Gasteiger partial charge in [-0.15, -0.1) is 0 Å². The molecule has 0 saturated carbocycles. The average molecular weight is 170 g/mol. The van der Waals surface area contributed by atoms with Gasteiger partial charge in [-0.2, -0.15) is 0 Å². The zero-order valence-corrected chi connectivity index (χ0v) is 6.38. The van der Waals surface area contributed by atoms with E-state index in [4.69, 9.17) is 17.4 Å². The summed E-state index contributed by atoms with van der Waals surface area (Å²) in [7, 11) is 0. The lowest BCUT2D eigenvalue weighted by Crippen LogP contribution is -2.28. The van der Waals surface area contributed by atoms with Crippen LogP contribution in [-0.2, 0) is 4.79 Å². The van der Waals surface area contributed by atoms with Gasteiger partial charge in [0, 0.05) is 5.02 Å². The molecule has 0 atom stereocenters. The number of carbonyl (C=O) groups excluding carboxylic acids is 1. The van der Waals surface area contributed by atoms with Crippen LogP contribution in [0, 0.1) is 0 Å². The molecule has 11 heavy (non-hydrogen) atoms. The number of nitrogens with zero attached hydrogens (tertiary/aromatic N) is 1. The Morgan fingerprint density at radius 1 is 1.36 bits per heavy atom. The van der Waals surface area contributed by atoms with E-state index in [1.54, 1.807) is 24.3 Å². The molecule has 1 amide bonds. The topological polar surface area (TPSA) is 46.3 Å². The molecule has 0 aromatic heterocycles. The van der Waals surface area contributed by atoms with Crippen molar-refractivity contribution in [3.63, 3.8) is 0 Å². The number of rotatable bonds is 2. The average Bonchev–Trinajstić information content (AvgIpc) is 2.05. The lowest BCUT2D eigenvalue weighted by atomic mass is 10.3. The maximum absolute atomic E-state index is 10.0. The Balaban J connectivity index is 2.89. The molecule has 0 heterocycles. The molecule has 1 rings (SSSR count). The van der Waals surface area contributed by atoms with Crippen LogP contribution in [0.25, 0.3) is 0 Å². The number of nitrogens with two attached hydrogens (primary N) is 1. The third-order valence-electron chi connectivity index (χ3n) is 1.20. The van der Waals surface area contributed by atoms with Crippen molar-refractivity contribution in [3.05, 3.63) is 29.3 Å². The summed E-state index contributed by atoms with van der Waals surface area (Å²) in [5, 5.41) is 1.46. The van der Waals surface area contributed by atoms with Crippen LogP contribution in [0.15, 0.2) is 24.3 Å². The smallest absolute Gasteiger partial charge is 0.261 e. The molecule has 0 aliphatic rings. The van der Waals surface area contributed by atoms with Crippen LogP contribution < -0.4 is 10.9 Å². The Labute approximate surface area is 69.3 Å². The highest BCUT2D eigenvalue weighted by molar-refractivity contribution is 6.30. The molecule has 0 fully saturated rings. The summed E-state index contributed by atoms with van der Waals surface area (Å²) in [6.07, 6.45) is 1.52. The summed E-state index contributed by atoms with van der Waals surface area (Å²) < 4.78 is 0. The Bertz CT molecular complexity index is 247. The zero-order valence-electron chi connectivity index (χ0n) is 5.62. The highest BCUT2D eigenvalue weighted by atomic mass is 35.5. The first-order chi connectivity index (χ1) is 5.24. The summed E-state index contributed by atoms with van der Waals surface area (Å²) >= 11 is 5.60. The van der Waals surface area contributed by atoms with Crippen molar-refractivity contribution in [3.8, 4) is 0 Å². The minimum absolute atomic E-state index is 0.560. The van der Waals surface area contributed by atoms with Gasteiger partial charge in [0.25, 0.3) is 0 Å². The van der Waals surface area contributed by atoms with Crippen molar-refractivity contribution in [2.45, 2.75) is 0 Å². The van der Waals surface area contributed by atoms with Crippen LogP contribution >= 0.6 is 11.6 Å². The minimum Gasteiger partial charge on any atom is -0.261 e. The van der Waals surface area contributed by atoms with Crippen LogP contribution in [0.5, 0.6) is 0 Å². The number of hydrogen-bond donors (Lipinski definition) is 1. The molecule has 1 radical (unpaired) electrons. The second-order valence-corrected chi connectivity index (χ2v) is 2.37. The quantitative estimate of drug-likeness (QED) is 0.312.